The van der Waals surface area contributed by atoms with Crippen molar-refractivity contribution in [1.29, 1.82) is 0 Å². The zero-order valence-corrected chi connectivity index (χ0v) is 16.4. The van der Waals surface area contributed by atoms with Gasteiger partial charge >= 0.3 is 0 Å². The van der Waals surface area contributed by atoms with E-state index in [1.54, 1.807) is 48.5 Å². The van der Waals surface area contributed by atoms with Crippen molar-refractivity contribution in [3.05, 3.63) is 70.4 Å². The standard InChI is InChI=1S/C19H16ClN3O4S/c1-27-15-7-2-4-12(8-15)19(24)21-18-16-10-28(25,26)11-17(16)22-23(18)14-6-3-5-13(20)9-14/h2-9H,10-11H2,1H3,(H,21,24). The maximum absolute atomic E-state index is 12.8. The highest BCUT2D eigenvalue weighted by Crippen LogP contribution is 2.33. The normalized spacial score (nSPS) is 14.5. The first kappa shape index (κ1) is 18.5. The van der Waals surface area contributed by atoms with E-state index < -0.39 is 15.7 Å². The van der Waals surface area contributed by atoms with Crippen LogP contribution in [0.15, 0.2) is 48.5 Å². The van der Waals surface area contributed by atoms with Gasteiger partial charge in [0.1, 0.15) is 11.6 Å². The summed E-state index contributed by atoms with van der Waals surface area (Å²) in [5.41, 5.74) is 1.94. The molecule has 1 N–H and O–H groups in total. The zero-order chi connectivity index (χ0) is 19.9. The van der Waals surface area contributed by atoms with Crippen molar-refractivity contribution in [2.75, 3.05) is 12.4 Å². The maximum atomic E-state index is 12.8. The molecule has 1 aliphatic rings. The third-order valence-electron chi connectivity index (χ3n) is 4.40. The van der Waals surface area contributed by atoms with E-state index in [9.17, 15) is 13.2 Å². The molecule has 0 radical (unpaired) electrons. The van der Waals surface area contributed by atoms with Gasteiger partial charge in [0, 0.05) is 16.1 Å². The monoisotopic (exact) mass is 417 g/mol. The fourth-order valence-corrected chi connectivity index (χ4v) is 4.79. The second-order valence-electron chi connectivity index (χ2n) is 6.38. The summed E-state index contributed by atoms with van der Waals surface area (Å²) in [6.07, 6.45) is 0. The minimum atomic E-state index is -3.28. The van der Waals surface area contributed by atoms with Gasteiger partial charge in [-0.3, -0.25) is 4.79 Å². The van der Waals surface area contributed by atoms with Crippen molar-refractivity contribution in [2.24, 2.45) is 0 Å². The topological polar surface area (TPSA) is 90.3 Å². The lowest BCUT2D eigenvalue weighted by atomic mass is 10.2. The Morgan fingerprint density at radius 3 is 2.71 bits per heavy atom. The second kappa shape index (κ2) is 6.96. The molecule has 0 unspecified atom stereocenters. The smallest absolute Gasteiger partial charge is 0.256 e. The molecule has 1 aliphatic heterocycles. The number of carbonyl (C=O) groups is 1. The molecule has 4 rings (SSSR count). The van der Waals surface area contributed by atoms with Gasteiger partial charge < -0.3 is 10.1 Å². The first-order chi connectivity index (χ1) is 13.4. The number of ether oxygens (including phenoxy) is 1. The number of methoxy groups -OCH3 is 1. The number of nitrogens with zero attached hydrogens (tertiary/aromatic N) is 2. The minimum Gasteiger partial charge on any atom is -0.497 e. The van der Waals surface area contributed by atoms with E-state index in [0.29, 0.717) is 39.1 Å². The third kappa shape index (κ3) is 3.48. The number of anilines is 1. The Hall–Kier alpha value is -2.84. The van der Waals surface area contributed by atoms with Crippen LogP contribution in [-0.4, -0.2) is 31.2 Å². The van der Waals surface area contributed by atoms with Crippen LogP contribution < -0.4 is 10.1 Å². The summed E-state index contributed by atoms with van der Waals surface area (Å²) < 4.78 is 30.8. The Kier molecular flexibility index (Phi) is 4.60. The number of hydrogen-bond donors (Lipinski definition) is 1. The van der Waals surface area contributed by atoms with Gasteiger partial charge in [-0.1, -0.05) is 23.7 Å². The molecule has 0 aliphatic carbocycles. The van der Waals surface area contributed by atoms with Crippen molar-refractivity contribution in [2.45, 2.75) is 11.5 Å². The molecule has 0 saturated heterocycles. The maximum Gasteiger partial charge on any atom is 0.256 e. The summed E-state index contributed by atoms with van der Waals surface area (Å²) >= 11 is 6.08. The van der Waals surface area contributed by atoms with E-state index in [-0.39, 0.29) is 11.5 Å². The third-order valence-corrected chi connectivity index (χ3v) is 6.08. The quantitative estimate of drug-likeness (QED) is 0.703. The van der Waals surface area contributed by atoms with Gasteiger partial charge in [-0.25, -0.2) is 13.1 Å². The molecule has 0 saturated carbocycles. The van der Waals surface area contributed by atoms with Crippen LogP contribution in [0.25, 0.3) is 5.69 Å². The first-order valence-electron chi connectivity index (χ1n) is 8.39. The fraction of sp³-hybridized carbons (Fsp3) is 0.158. The first-order valence-corrected chi connectivity index (χ1v) is 10.6. The summed E-state index contributed by atoms with van der Waals surface area (Å²) in [5.74, 6) is 0.151. The number of sulfone groups is 1. The van der Waals surface area contributed by atoms with Crippen LogP contribution in [0.2, 0.25) is 5.02 Å². The Balaban J connectivity index is 1.77. The van der Waals surface area contributed by atoms with Crippen molar-refractivity contribution in [3.63, 3.8) is 0 Å². The van der Waals surface area contributed by atoms with Gasteiger partial charge in [0.2, 0.25) is 0 Å². The molecule has 7 nitrogen and oxygen atoms in total. The van der Waals surface area contributed by atoms with Crippen LogP contribution in [-0.2, 0) is 21.3 Å². The molecule has 0 bridgehead atoms. The van der Waals surface area contributed by atoms with Crippen LogP contribution in [0.1, 0.15) is 21.6 Å². The molecular formula is C19H16ClN3O4S. The summed E-state index contributed by atoms with van der Waals surface area (Å²) in [7, 11) is -1.76. The van der Waals surface area contributed by atoms with E-state index >= 15 is 0 Å². The summed E-state index contributed by atoms with van der Waals surface area (Å²) in [6, 6.07) is 13.6. The van der Waals surface area contributed by atoms with Crippen LogP contribution >= 0.6 is 11.6 Å². The molecule has 2 heterocycles. The predicted octanol–water partition coefficient (Wildman–Crippen LogP) is 3.22. The Morgan fingerprint density at radius 2 is 1.96 bits per heavy atom. The van der Waals surface area contributed by atoms with Gasteiger partial charge in [0.25, 0.3) is 5.91 Å². The Bertz CT molecular complexity index is 1190. The number of hydrogen-bond acceptors (Lipinski definition) is 5. The van der Waals surface area contributed by atoms with Gasteiger partial charge in [0.05, 0.1) is 30.0 Å². The molecule has 9 heteroatoms. The average molecular weight is 418 g/mol. The SMILES string of the molecule is COc1cccc(C(=O)Nc2c3c(nn2-c2cccc(Cl)c2)CS(=O)(=O)C3)c1. The largest absolute Gasteiger partial charge is 0.497 e. The van der Waals surface area contributed by atoms with E-state index in [1.165, 1.54) is 11.8 Å². The Morgan fingerprint density at radius 1 is 1.18 bits per heavy atom. The number of nitrogens with one attached hydrogen (secondary N) is 1. The highest BCUT2D eigenvalue weighted by atomic mass is 35.5. The van der Waals surface area contributed by atoms with E-state index in [1.807, 2.05) is 0 Å². The fourth-order valence-electron chi connectivity index (χ4n) is 3.11. The highest BCUT2D eigenvalue weighted by molar-refractivity contribution is 7.90. The van der Waals surface area contributed by atoms with Crippen LogP contribution in [0.4, 0.5) is 5.82 Å². The second-order valence-corrected chi connectivity index (χ2v) is 8.88. The number of aromatic nitrogens is 2. The zero-order valence-electron chi connectivity index (χ0n) is 14.8. The molecule has 0 fully saturated rings. The molecule has 1 aromatic heterocycles. The molecule has 1 amide bonds. The van der Waals surface area contributed by atoms with Gasteiger partial charge in [0.15, 0.2) is 9.84 Å². The number of halogens is 1. The summed E-state index contributed by atoms with van der Waals surface area (Å²) in [5, 5.41) is 7.74. The highest BCUT2D eigenvalue weighted by Gasteiger charge is 2.33. The van der Waals surface area contributed by atoms with Crippen molar-refractivity contribution in [1.82, 2.24) is 9.78 Å². The lowest BCUT2D eigenvalue weighted by Crippen LogP contribution is -2.17. The average Bonchev–Trinajstić information content (AvgIpc) is 3.14. The molecule has 0 atom stereocenters. The van der Waals surface area contributed by atoms with Gasteiger partial charge in [-0.15, -0.1) is 0 Å². The summed E-state index contributed by atoms with van der Waals surface area (Å²) in [4.78, 5) is 12.8. The predicted molar refractivity (Wildman–Crippen MR) is 106 cm³/mol. The molecule has 144 valence electrons. The minimum absolute atomic E-state index is 0.155. The van der Waals surface area contributed by atoms with E-state index in [4.69, 9.17) is 16.3 Å². The number of benzene rings is 2. The number of fused-ring (bicyclic) bond motifs is 1. The van der Waals surface area contributed by atoms with Crippen LogP contribution in [0.3, 0.4) is 0 Å². The number of carbonyl (C=O) groups excluding carboxylic acids is 1. The van der Waals surface area contributed by atoms with Gasteiger partial charge in [-0.2, -0.15) is 5.10 Å². The van der Waals surface area contributed by atoms with Crippen LogP contribution in [0.5, 0.6) is 5.75 Å². The van der Waals surface area contributed by atoms with E-state index in [0.717, 1.165) is 0 Å². The molecular weight excluding hydrogens is 402 g/mol. The summed E-state index contributed by atoms with van der Waals surface area (Å²) in [6.45, 7) is 0. The van der Waals surface area contributed by atoms with Gasteiger partial charge in [-0.05, 0) is 36.4 Å². The van der Waals surface area contributed by atoms with Crippen molar-refractivity contribution in [3.8, 4) is 11.4 Å². The number of rotatable bonds is 4. The molecule has 3 aromatic rings. The molecule has 28 heavy (non-hydrogen) atoms. The van der Waals surface area contributed by atoms with E-state index in [2.05, 4.69) is 10.4 Å². The Labute approximate surface area is 166 Å². The molecule has 2 aromatic carbocycles. The lowest BCUT2D eigenvalue weighted by molar-refractivity contribution is 0.102. The van der Waals surface area contributed by atoms with Crippen molar-refractivity contribution < 1.29 is 17.9 Å². The number of amides is 1. The lowest BCUT2D eigenvalue weighted by Gasteiger charge is -2.12. The van der Waals surface area contributed by atoms with Crippen LogP contribution in [0, 0.1) is 0 Å². The molecule has 0 spiro atoms. The van der Waals surface area contributed by atoms with Crippen molar-refractivity contribution >= 4 is 33.2 Å².